The van der Waals surface area contributed by atoms with Crippen molar-refractivity contribution in [2.75, 3.05) is 13.7 Å². The average Bonchev–Trinajstić information content (AvgIpc) is 2.96. The quantitative estimate of drug-likeness (QED) is 0.846. The van der Waals surface area contributed by atoms with E-state index in [1.165, 1.54) is 6.20 Å². The van der Waals surface area contributed by atoms with Gasteiger partial charge in [-0.3, -0.25) is 4.79 Å². The topological polar surface area (TPSA) is 82.2 Å². The Labute approximate surface area is 123 Å². The SMILES string of the molecule is CCNC(C)c1c(OC)cccc1-n1cc(C(N)=O)cn1. The smallest absolute Gasteiger partial charge is 0.251 e. The molecule has 0 saturated carbocycles. The molecule has 0 bridgehead atoms. The summed E-state index contributed by atoms with van der Waals surface area (Å²) < 4.78 is 7.10. The summed E-state index contributed by atoms with van der Waals surface area (Å²) in [5.74, 6) is 0.280. The maximum Gasteiger partial charge on any atom is 0.251 e. The fourth-order valence-electron chi connectivity index (χ4n) is 2.34. The number of hydrogen-bond donors (Lipinski definition) is 2. The van der Waals surface area contributed by atoms with E-state index in [1.54, 1.807) is 18.0 Å². The van der Waals surface area contributed by atoms with Crippen LogP contribution in [0.5, 0.6) is 5.75 Å². The van der Waals surface area contributed by atoms with Crippen LogP contribution in [0.3, 0.4) is 0 Å². The number of ether oxygens (including phenoxy) is 1. The Morgan fingerprint density at radius 2 is 2.29 bits per heavy atom. The molecule has 1 atom stereocenters. The van der Waals surface area contributed by atoms with Crippen molar-refractivity contribution in [3.8, 4) is 11.4 Å². The van der Waals surface area contributed by atoms with Crippen molar-refractivity contribution < 1.29 is 9.53 Å². The van der Waals surface area contributed by atoms with Gasteiger partial charge >= 0.3 is 0 Å². The van der Waals surface area contributed by atoms with Gasteiger partial charge in [-0.2, -0.15) is 5.10 Å². The highest BCUT2D eigenvalue weighted by Gasteiger charge is 2.17. The van der Waals surface area contributed by atoms with Crippen LogP contribution < -0.4 is 15.8 Å². The number of primary amides is 1. The molecule has 0 fully saturated rings. The summed E-state index contributed by atoms with van der Waals surface area (Å²) in [5.41, 5.74) is 7.50. The summed E-state index contributed by atoms with van der Waals surface area (Å²) >= 11 is 0. The molecule has 1 aromatic carbocycles. The Balaban J connectivity index is 2.53. The van der Waals surface area contributed by atoms with Crippen LogP contribution in [0.15, 0.2) is 30.6 Å². The lowest BCUT2D eigenvalue weighted by Gasteiger charge is -2.20. The average molecular weight is 288 g/mol. The Kier molecular flexibility index (Phi) is 4.59. The van der Waals surface area contributed by atoms with Crippen molar-refractivity contribution in [2.24, 2.45) is 5.73 Å². The highest BCUT2D eigenvalue weighted by atomic mass is 16.5. The van der Waals surface area contributed by atoms with Crippen LogP contribution in [0.2, 0.25) is 0 Å². The van der Waals surface area contributed by atoms with Gasteiger partial charge in [0.25, 0.3) is 5.91 Å². The van der Waals surface area contributed by atoms with Crippen molar-refractivity contribution in [1.29, 1.82) is 0 Å². The minimum absolute atomic E-state index is 0.0855. The molecule has 1 unspecified atom stereocenters. The first-order valence-electron chi connectivity index (χ1n) is 6.83. The molecular formula is C15H20N4O2. The zero-order chi connectivity index (χ0) is 15.4. The molecule has 2 aromatic rings. The lowest BCUT2D eigenvalue weighted by molar-refractivity contribution is 0.100. The number of nitrogens with zero attached hydrogens (tertiary/aromatic N) is 2. The van der Waals surface area contributed by atoms with Gasteiger partial charge in [-0.1, -0.05) is 13.0 Å². The molecule has 3 N–H and O–H groups in total. The number of nitrogens with two attached hydrogens (primary N) is 1. The number of aromatic nitrogens is 2. The summed E-state index contributed by atoms with van der Waals surface area (Å²) in [6.45, 7) is 4.94. The number of rotatable bonds is 6. The number of carbonyl (C=O) groups excluding carboxylic acids is 1. The molecule has 1 aromatic heterocycles. The third kappa shape index (κ3) is 3.05. The first-order valence-corrected chi connectivity index (χ1v) is 6.83. The first-order chi connectivity index (χ1) is 10.1. The van der Waals surface area contributed by atoms with E-state index in [1.807, 2.05) is 25.1 Å². The zero-order valence-electron chi connectivity index (χ0n) is 12.5. The molecular weight excluding hydrogens is 268 g/mol. The third-order valence-corrected chi connectivity index (χ3v) is 3.32. The van der Waals surface area contributed by atoms with Gasteiger partial charge < -0.3 is 15.8 Å². The summed E-state index contributed by atoms with van der Waals surface area (Å²) in [6.07, 6.45) is 3.09. The molecule has 0 radical (unpaired) electrons. The molecule has 0 aliphatic heterocycles. The molecule has 2 rings (SSSR count). The Bertz CT molecular complexity index is 636. The molecule has 0 aliphatic carbocycles. The van der Waals surface area contributed by atoms with Crippen LogP contribution in [0.4, 0.5) is 0 Å². The molecule has 6 heteroatoms. The van der Waals surface area contributed by atoms with Gasteiger partial charge in [0.15, 0.2) is 0 Å². The van der Waals surface area contributed by atoms with Crippen LogP contribution in [-0.2, 0) is 0 Å². The standard InChI is InChI=1S/C15H20N4O2/c1-4-17-10(2)14-12(6-5-7-13(14)21-3)19-9-11(8-18-19)15(16)20/h5-10,17H,4H2,1-3H3,(H2,16,20). The Morgan fingerprint density at radius 3 is 2.86 bits per heavy atom. The molecule has 0 spiro atoms. The number of carbonyl (C=O) groups is 1. The molecule has 0 saturated heterocycles. The molecule has 21 heavy (non-hydrogen) atoms. The molecule has 112 valence electrons. The summed E-state index contributed by atoms with van der Waals surface area (Å²) in [4.78, 5) is 11.2. The van der Waals surface area contributed by atoms with E-state index in [2.05, 4.69) is 17.3 Å². The van der Waals surface area contributed by atoms with Crippen molar-refractivity contribution in [2.45, 2.75) is 19.9 Å². The van der Waals surface area contributed by atoms with Gasteiger partial charge in [0, 0.05) is 17.8 Å². The zero-order valence-corrected chi connectivity index (χ0v) is 12.5. The van der Waals surface area contributed by atoms with Gasteiger partial charge in [-0.15, -0.1) is 0 Å². The van der Waals surface area contributed by atoms with Crippen LogP contribution in [0.1, 0.15) is 35.8 Å². The number of nitrogens with one attached hydrogen (secondary N) is 1. The monoisotopic (exact) mass is 288 g/mol. The highest BCUT2D eigenvalue weighted by molar-refractivity contribution is 5.92. The number of benzene rings is 1. The Hall–Kier alpha value is -2.34. The van der Waals surface area contributed by atoms with E-state index in [9.17, 15) is 4.79 Å². The maximum atomic E-state index is 11.2. The first kappa shape index (κ1) is 15.1. The summed E-state index contributed by atoms with van der Waals surface area (Å²) in [5, 5.41) is 7.58. The largest absolute Gasteiger partial charge is 0.496 e. The van der Waals surface area contributed by atoms with E-state index >= 15 is 0 Å². The van der Waals surface area contributed by atoms with Gasteiger partial charge in [0.1, 0.15) is 5.75 Å². The van der Waals surface area contributed by atoms with Gasteiger partial charge in [0.2, 0.25) is 0 Å². The molecule has 1 amide bonds. The number of hydrogen-bond acceptors (Lipinski definition) is 4. The van der Waals surface area contributed by atoms with Crippen LogP contribution in [0, 0.1) is 0 Å². The predicted molar refractivity (Wildman–Crippen MR) is 80.7 cm³/mol. The van der Waals surface area contributed by atoms with Gasteiger partial charge in [-0.25, -0.2) is 4.68 Å². The van der Waals surface area contributed by atoms with Crippen LogP contribution >= 0.6 is 0 Å². The Morgan fingerprint density at radius 1 is 1.52 bits per heavy atom. The minimum Gasteiger partial charge on any atom is -0.496 e. The maximum absolute atomic E-state index is 11.2. The number of amides is 1. The van der Waals surface area contributed by atoms with E-state index in [0.29, 0.717) is 5.56 Å². The second kappa shape index (κ2) is 6.41. The molecule has 0 aliphatic rings. The summed E-state index contributed by atoms with van der Waals surface area (Å²) in [6, 6.07) is 5.82. The van der Waals surface area contributed by atoms with Gasteiger partial charge in [-0.05, 0) is 25.6 Å². The van der Waals surface area contributed by atoms with Crippen molar-refractivity contribution in [3.63, 3.8) is 0 Å². The van der Waals surface area contributed by atoms with Crippen molar-refractivity contribution in [3.05, 3.63) is 41.7 Å². The summed E-state index contributed by atoms with van der Waals surface area (Å²) in [7, 11) is 1.64. The van der Waals surface area contributed by atoms with Crippen molar-refractivity contribution in [1.82, 2.24) is 15.1 Å². The van der Waals surface area contributed by atoms with E-state index in [4.69, 9.17) is 10.5 Å². The van der Waals surface area contributed by atoms with Crippen LogP contribution in [0.25, 0.3) is 5.69 Å². The normalized spacial score (nSPS) is 12.1. The van der Waals surface area contributed by atoms with E-state index < -0.39 is 5.91 Å². The number of methoxy groups -OCH3 is 1. The van der Waals surface area contributed by atoms with Gasteiger partial charge in [0.05, 0.1) is 24.6 Å². The predicted octanol–water partition coefficient (Wildman–Crippen LogP) is 1.65. The minimum atomic E-state index is -0.495. The third-order valence-electron chi connectivity index (χ3n) is 3.32. The second-order valence-corrected chi connectivity index (χ2v) is 4.71. The lowest BCUT2D eigenvalue weighted by atomic mass is 10.0. The molecule has 6 nitrogen and oxygen atoms in total. The lowest BCUT2D eigenvalue weighted by Crippen LogP contribution is -2.20. The van der Waals surface area contributed by atoms with Crippen LogP contribution in [-0.4, -0.2) is 29.3 Å². The fraction of sp³-hybridized carbons (Fsp3) is 0.333. The van der Waals surface area contributed by atoms with Crippen molar-refractivity contribution >= 4 is 5.91 Å². The van der Waals surface area contributed by atoms with E-state index in [0.717, 1.165) is 23.5 Å². The fourth-order valence-corrected chi connectivity index (χ4v) is 2.34. The van der Waals surface area contributed by atoms with E-state index in [-0.39, 0.29) is 6.04 Å². The highest BCUT2D eigenvalue weighted by Crippen LogP contribution is 2.30. The second-order valence-electron chi connectivity index (χ2n) is 4.71. The molecule has 1 heterocycles.